The summed E-state index contributed by atoms with van der Waals surface area (Å²) in [7, 11) is 0. The summed E-state index contributed by atoms with van der Waals surface area (Å²) >= 11 is 0. The Balaban J connectivity index is 1.66. The van der Waals surface area contributed by atoms with Crippen molar-refractivity contribution in [1.29, 1.82) is 0 Å². The molecule has 1 aromatic carbocycles. The first-order valence-corrected chi connectivity index (χ1v) is 9.28. The van der Waals surface area contributed by atoms with Crippen LogP contribution in [-0.4, -0.2) is 22.0 Å². The molecule has 1 aromatic rings. The topological polar surface area (TPSA) is 40.5 Å². The molecular formula is C21H23F3O2. The van der Waals surface area contributed by atoms with Gasteiger partial charge in [0.25, 0.3) is 0 Å². The molecule has 2 saturated carbocycles. The second kappa shape index (κ2) is 5.66. The van der Waals surface area contributed by atoms with Gasteiger partial charge in [-0.2, -0.15) is 13.2 Å². The average Bonchev–Trinajstić information content (AvgIpc) is 2.84. The van der Waals surface area contributed by atoms with Gasteiger partial charge in [0.15, 0.2) is 0 Å². The number of benzene rings is 1. The third kappa shape index (κ3) is 2.62. The summed E-state index contributed by atoms with van der Waals surface area (Å²) in [5.41, 5.74) is 0.284. The van der Waals surface area contributed by atoms with E-state index in [9.17, 15) is 23.4 Å². The van der Waals surface area contributed by atoms with Crippen LogP contribution in [0.25, 0.3) is 0 Å². The molecule has 0 aliphatic heterocycles. The van der Waals surface area contributed by atoms with Crippen LogP contribution in [0, 0.1) is 29.1 Å². The Kier molecular flexibility index (Phi) is 3.86. The Bertz CT molecular complexity index is 791. The van der Waals surface area contributed by atoms with Crippen molar-refractivity contribution in [3.8, 4) is 17.6 Å². The van der Waals surface area contributed by atoms with Crippen LogP contribution in [0.3, 0.4) is 0 Å². The molecule has 0 radical (unpaired) electrons. The van der Waals surface area contributed by atoms with Crippen LogP contribution in [0.1, 0.15) is 56.1 Å². The summed E-state index contributed by atoms with van der Waals surface area (Å²) < 4.78 is 37.8. The number of aliphatic hydroxyl groups is 1. The number of halogens is 3. The first kappa shape index (κ1) is 17.7. The molecule has 0 amide bonds. The van der Waals surface area contributed by atoms with Gasteiger partial charge in [-0.3, -0.25) is 0 Å². The van der Waals surface area contributed by atoms with E-state index in [4.69, 9.17) is 0 Å². The summed E-state index contributed by atoms with van der Waals surface area (Å²) in [5, 5.41) is 20.8. The second-order valence-electron chi connectivity index (χ2n) is 8.40. The number of phenols is 1. The third-order valence-corrected chi connectivity index (χ3v) is 7.27. The Hall–Kier alpha value is -1.67. The molecule has 5 unspecified atom stereocenters. The van der Waals surface area contributed by atoms with Crippen molar-refractivity contribution in [2.45, 2.75) is 63.1 Å². The number of alkyl halides is 3. The minimum Gasteiger partial charge on any atom is -0.508 e. The van der Waals surface area contributed by atoms with Crippen LogP contribution in [-0.2, 0) is 6.42 Å². The minimum absolute atomic E-state index is 0.177. The maximum absolute atomic E-state index is 12.6. The zero-order chi connectivity index (χ0) is 18.7. The van der Waals surface area contributed by atoms with E-state index in [2.05, 4.69) is 5.92 Å². The van der Waals surface area contributed by atoms with E-state index in [0.717, 1.165) is 19.3 Å². The predicted octanol–water partition coefficient (Wildman–Crippen LogP) is 4.55. The summed E-state index contributed by atoms with van der Waals surface area (Å²) in [6.07, 6.45) is -0.230. The van der Waals surface area contributed by atoms with Crippen molar-refractivity contribution in [3.63, 3.8) is 0 Å². The average molecular weight is 364 g/mol. The number of aromatic hydroxyl groups is 1. The van der Waals surface area contributed by atoms with Gasteiger partial charge in [-0.05, 0) is 79.5 Å². The minimum atomic E-state index is -4.58. The SMILES string of the molecule is CC12CCC3c4ccc(O)cc4CCC3C1CCC2(O)C#CC(F)(F)F. The Morgan fingerprint density at radius 1 is 1.15 bits per heavy atom. The van der Waals surface area contributed by atoms with Gasteiger partial charge in [-0.25, -0.2) is 0 Å². The van der Waals surface area contributed by atoms with Crippen LogP contribution in [0.5, 0.6) is 5.75 Å². The van der Waals surface area contributed by atoms with Crippen LogP contribution in [0.2, 0.25) is 0 Å². The number of fused-ring (bicyclic) bond motifs is 5. The van der Waals surface area contributed by atoms with E-state index >= 15 is 0 Å². The monoisotopic (exact) mass is 364 g/mol. The molecule has 5 atom stereocenters. The van der Waals surface area contributed by atoms with Crippen molar-refractivity contribution < 1.29 is 23.4 Å². The van der Waals surface area contributed by atoms with Crippen molar-refractivity contribution in [3.05, 3.63) is 29.3 Å². The van der Waals surface area contributed by atoms with Crippen molar-refractivity contribution in [2.24, 2.45) is 17.3 Å². The molecule has 0 spiro atoms. The molecule has 4 rings (SSSR count). The Labute approximate surface area is 151 Å². The molecule has 5 heteroatoms. The van der Waals surface area contributed by atoms with Gasteiger partial charge in [0.2, 0.25) is 0 Å². The molecular weight excluding hydrogens is 341 g/mol. The maximum Gasteiger partial charge on any atom is 0.457 e. The van der Waals surface area contributed by atoms with E-state index in [1.807, 2.05) is 19.1 Å². The quantitative estimate of drug-likeness (QED) is 0.664. The molecule has 140 valence electrons. The van der Waals surface area contributed by atoms with Gasteiger partial charge < -0.3 is 10.2 Å². The van der Waals surface area contributed by atoms with Gasteiger partial charge >= 0.3 is 6.18 Å². The van der Waals surface area contributed by atoms with Gasteiger partial charge in [0.1, 0.15) is 11.4 Å². The standard InChI is InChI=1S/C21H23F3O2/c1-19-8-6-16-15-5-3-14(25)12-13(15)2-4-17(16)18(19)7-9-20(19,26)10-11-21(22,23)24/h3,5,12,16-18,25-26H,2,4,6-9H2,1H3. The van der Waals surface area contributed by atoms with E-state index < -0.39 is 17.2 Å². The molecule has 0 saturated heterocycles. The maximum atomic E-state index is 12.6. The van der Waals surface area contributed by atoms with E-state index in [0.29, 0.717) is 31.1 Å². The van der Waals surface area contributed by atoms with Gasteiger partial charge in [-0.1, -0.05) is 18.9 Å². The fourth-order valence-corrected chi connectivity index (χ4v) is 5.96. The van der Waals surface area contributed by atoms with Crippen LogP contribution < -0.4 is 0 Å². The lowest BCUT2D eigenvalue weighted by Gasteiger charge is -2.52. The molecule has 0 bridgehead atoms. The fourth-order valence-electron chi connectivity index (χ4n) is 5.96. The normalized spacial score (nSPS) is 38.6. The Morgan fingerprint density at radius 2 is 1.92 bits per heavy atom. The summed E-state index contributed by atoms with van der Waals surface area (Å²) in [5.74, 6) is 4.70. The molecule has 0 aromatic heterocycles. The van der Waals surface area contributed by atoms with E-state index in [-0.39, 0.29) is 11.7 Å². The van der Waals surface area contributed by atoms with Gasteiger partial charge in [0, 0.05) is 11.3 Å². The summed E-state index contributed by atoms with van der Waals surface area (Å²) in [4.78, 5) is 0. The highest BCUT2D eigenvalue weighted by atomic mass is 19.4. The Morgan fingerprint density at radius 3 is 2.65 bits per heavy atom. The third-order valence-electron chi connectivity index (χ3n) is 7.27. The largest absolute Gasteiger partial charge is 0.508 e. The van der Waals surface area contributed by atoms with Crippen LogP contribution in [0.4, 0.5) is 13.2 Å². The summed E-state index contributed by atoms with van der Waals surface area (Å²) in [6.45, 7) is 1.93. The first-order chi connectivity index (χ1) is 12.1. The highest BCUT2D eigenvalue weighted by Crippen LogP contribution is 2.64. The molecule has 2 N–H and O–H groups in total. The highest BCUT2D eigenvalue weighted by Gasteiger charge is 2.61. The fraction of sp³-hybridized carbons (Fsp3) is 0.619. The molecule has 0 heterocycles. The lowest BCUT2D eigenvalue weighted by molar-refractivity contribution is -0.0768. The van der Waals surface area contributed by atoms with Gasteiger partial charge in [-0.15, -0.1) is 0 Å². The molecule has 3 aliphatic carbocycles. The van der Waals surface area contributed by atoms with Crippen LogP contribution in [0.15, 0.2) is 18.2 Å². The first-order valence-electron chi connectivity index (χ1n) is 9.28. The zero-order valence-corrected chi connectivity index (χ0v) is 14.7. The number of phenolic OH excluding ortho intramolecular Hbond substituents is 1. The number of hydrogen-bond acceptors (Lipinski definition) is 2. The zero-order valence-electron chi connectivity index (χ0n) is 14.7. The molecule has 2 fully saturated rings. The number of hydrogen-bond donors (Lipinski definition) is 2. The smallest absolute Gasteiger partial charge is 0.457 e. The highest BCUT2D eigenvalue weighted by molar-refractivity contribution is 5.40. The predicted molar refractivity (Wildman–Crippen MR) is 91.5 cm³/mol. The van der Waals surface area contributed by atoms with Crippen molar-refractivity contribution >= 4 is 0 Å². The summed E-state index contributed by atoms with van der Waals surface area (Å²) in [6, 6.07) is 5.54. The molecule has 3 aliphatic rings. The lowest BCUT2D eigenvalue weighted by Crippen LogP contribution is -2.50. The van der Waals surface area contributed by atoms with Crippen molar-refractivity contribution in [2.75, 3.05) is 0 Å². The molecule has 26 heavy (non-hydrogen) atoms. The van der Waals surface area contributed by atoms with Crippen molar-refractivity contribution in [1.82, 2.24) is 0 Å². The molecule has 2 nitrogen and oxygen atoms in total. The number of aryl methyl sites for hydroxylation is 1. The van der Waals surface area contributed by atoms with E-state index in [1.165, 1.54) is 17.0 Å². The van der Waals surface area contributed by atoms with E-state index in [1.54, 1.807) is 6.07 Å². The lowest BCUT2D eigenvalue weighted by atomic mass is 9.53. The second-order valence-corrected chi connectivity index (χ2v) is 8.40. The number of rotatable bonds is 0. The van der Waals surface area contributed by atoms with Gasteiger partial charge in [0.05, 0.1) is 0 Å². The van der Waals surface area contributed by atoms with Crippen LogP contribution >= 0.6 is 0 Å².